The van der Waals surface area contributed by atoms with Crippen LogP contribution in [0, 0.1) is 17.3 Å². The van der Waals surface area contributed by atoms with E-state index in [-0.39, 0.29) is 6.10 Å². The van der Waals surface area contributed by atoms with Gasteiger partial charge >= 0.3 is 0 Å². The van der Waals surface area contributed by atoms with Crippen molar-refractivity contribution in [1.29, 1.82) is 0 Å². The Morgan fingerprint density at radius 1 is 1.46 bits per heavy atom. The molecule has 13 heavy (non-hydrogen) atoms. The zero-order valence-electron chi connectivity index (χ0n) is 8.88. The van der Waals surface area contributed by atoms with Crippen molar-refractivity contribution in [3.05, 3.63) is 11.6 Å². The lowest BCUT2D eigenvalue weighted by molar-refractivity contribution is 0.131. The zero-order chi connectivity index (χ0) is 9.64. The van der Waals surface area contributed by atoms with Gasteiger partial charge in [-0.1, -0.05) is 25.5 Å². The summed E-state index contributed by atoms with van der Waals surface area (Å²) >= 11 is 0. The van der Waals surface area contributed by atoms with Crippen LogP contribution in [0.25, 0.3) is 0 Å². The second-order valence-corrected chi connectivity index (χ2v) is 5.42. The van der Waals surface area contributed by atoms with Crippen LogP contribution in [0.5, 0.6) is 0 Å². The summed E-state index contributed by atoms with van der Waals surface area (Å²) in [6.45, 7) is 6.79. The van der Waals surface area contributed by atoms with Crippen LogP contribution in [0.2, 0.25) is 0 Å². The highest BCUT2D eigenvalue weighted by atomic mass is 16.3. The molecule has 1 N–H and O–H groups in total. The smallest absolute Gasteiger partial charge is 0.0613 e. The van der Waals surface area contributed by atoms with Crippen molar-refractivity contribution < 1.29 is 5.11 Å². The predicted molar refractivity (Wildman–Crippen MR) is 54.4 cm³/mol. The van der Waals surface area contributed by atoms with Gasteiger partial charge in [-0.05, 0) is 37.5 Å². The average molecular weight is 180 g/mol. The Bertz CT molecular complexity index is 240. The first-order chi connectivity index (χ1) is 6.02. The molecule has 0 aromatic rings. The molecular formula is C12H20O. The van der Waals surface area contributed by atoms with Gasteiger partial charge in [-0.25, -0.2) is 0 Å². The van der Waals surface area contributed by atoms with Gasteiger partial charge in [-0.15, -0.1) is 0 Å². The van der Waals surface area contributed by atoms with Gasteiger partial charge in [0, 0.05) is 5.92 Å². The van der Waals surface area contributed by atoms with Crippen molar-refractivity contribution in [2.24, 2.45) is 17.3 Å². The van der Waals surface area contributed by atoms with Crippen molar-refractivity contribution in [3.8, 4) is 0 Å². The van der Waals surface area contributed by atoms with Crippen LogP contribution < -0.4 is 0 Å². The largest absolute Gasteiger partial charge is 0.392 e. The SMILES string of the molecule is CC1=CCC[C@H]2[C@@H]1[C@H](O)CC2(C)C. The third-order valence-electron chi connectivity index (χ3n) is 4.06. The van der Waals surface area contributed by atoms with Crippen LogP contribution in [0.15, 0.2) is 11.6 Å². The third-order valence-corrected chi connectivity index (χ3v) is 4.06. The van der Waals surface area contributed by atoms with E-state index in [4.69, 9.17) is 0 Å². The van der Waals surface area contributed by atoms with Gasteiger partial charge in [0.1, 0.15) is 0 Å². The van der Waals surface area contributed by atoms with Gasteiger partial charge in [-0.2, -0.15) is 0 Å². The van der Waals surface area contributed by atoms with Crippen molar-refractivity contribution in [3.63, 3.8) is 0 Å². The maximum absolute atomic E-state index is 9.99. The Morgan fingerprint density at radius 2 is 2.15 bits per heavy atom. The molecule has 0 aliphatic heterocycles. The number of fused-ring (bicyclic) bond motifs is 1. The van der Waals surface area contributed by atoms with E-state index in [9.17, 15) is 5.11 Å². The van der Waals surface area contributed by atoms with Crippen molar-refractivity contribution in [2.75, 3.05) is 0 Å². The molecule has 3 atom stereocenters. The molecule has 74 valence electrons. The highest BCUT2D eigenvalue weighted by Gasteiger charge is 2.48. The molecule has 0 aromatic carbocycles. The quantitative estimate of drug-likeness (QED) is 0.568. The lowest BCUT2D eigenvalue weighted by Crippen LogP contribution is -2.26. The monoisotopic (exact) mass is 180 g/mol. The first-order valence-corrected chi connectivity index (χ1v) is 5.37. The Labute approximate surface area is 80.8 Å². The summed E-state index contributed by atoms with van der Waals surface area (Å²) in [5.74, 6) is 1.18. The van der Waals surface area contributed by atoms with Gasteiger partial charge in [0.25, 0.3) is 0 Å². The van der Waals surface area contributed by atoms with Crippen LogP contribution in [-0.4, -0.2) is 11.2 Å². The number of aliphatic hydroxyl groups is 1. The summed E-state index contributed by atoms with van der Waals surface area (Å²) in [7, 11) is 0. The fourth-order valence-electron chi connectivity index (χ4n) is 3.39. The Hall–Kier alpha value is -0.300. The molecular weight excluding hydrogens is 160 g/mol. The fourth-order valence-corrected chi connectivity index (χ4v) is 3.39. The summed E-state index contributed by atoms with van der Waals surface area (Å²) in [6, 6.07) is 0. The van der Waals surface area contributed by atoms with Gasteiger partial charge in [-0.3, -0.25) is 0 Å². The lowest BCUT2D eigenvalue weighted by atomic mass is 9.71. The van der Waals surface area contributed by atoms with Gasteiger partial charge in [0.05, 0.1) is 6.10 Å². The predicted octanol–water partition coefficient (Wildman–Crippen LogP) is 2.75. The maximum Gasteiger partial charge on any atom is 0.0613 e. The molecule has 0 bridgehead atoms. The number of allylic oxidation sites excluding steroid dienone is 1. The molecule has 0 heterocycles. The summed E-state index contributed by atoms with van der Waals surface area (Å²) in [4.78, 5) is 0. The van der Waals surface area contributed by atoms with Gasteiger partial charge in [0.15, 0.2) is 0 Å². The minimum Gasteiger partial charge on any atom is -0.392 e. The van der Waals surface area contributed by atoms with E-state index in [0.717, 1.165) is 6.42 Å². The Kier molecular flexibility index (Phi) is 2.03. The summed E-state index contributed by atoms with van der Waals surface area (Å²) in [5, 5.41) is 9.99. The molecule has 1 heteroatoms. The zero-order valence-corrected chi connectivity index (χ0v) is 8.88. The molecule has 1 fully saturated rings. The molecule has 2 aliphatic rings. The minimum absolute atomic E-state index is 0.0865. The van der Waals surface area contributed by atoms with Crippen LogP contribution >= 0.6 is 0 Å². The summed E-state index contributed by atoms with van der Waals surface area (Å²) in [5.41, 5.74) is 1.77. The van der Waals surface area contributed by atoms with Crippen molar-refractivity contribution >= 4 is 0 Å². The van der Waals surface area contributed by atoms with Crippen molar-refractivity contribution in [2.45, 2.75) is 46.1 Å². The highest BCUT2D eigenvalue weighted by Crippen LogP contribution is 2.53. The molecule has 2 rings (SSSR count). The van der Waals surface area contributed by atoms with Crippen LogP contribution in [0.3, 0.4) is 0 Å². The second-order valence-electron chi connectivity index (χ2n) is 5.42. The molecule has 1 saturated carbocycles. The summed E-state index contributed by atoms with van der Waals surface area (Å²) in [6.07, 6.45) is 5.69. The first kappa shape index (κ1) is 9.26. The number of hydrogen-bond acceptors (Lipinski definition) is 1. The first-order valence-electron chi connectivity index (χ1n) is 5.37. The van der Waals surface area contributed by atoms with Gasteiger partial charge < -0.3 is 5.11 Å². The number of rotatable bonds is 0. The Balaban J connectivity index is 2.31. The molecule has 2 aliphatic carbocycles. The van der Waals surface area contributed by atoms with E-state index in [2.05, 4.69) is 26.8 Å². The molecule has 0 aromatic heterocycles. The molecule has 0 radical (unpaired) electrons. The number of aliphatic hydroxyl groups excluding tert-OH is 1. The fraction of sp³-hybridized carbons (Fsp3) is 0.833. The molecule has 0 unspecified atom stereocenters. The third kappa shape index (κ3) is 1.34. The average Bonchev–Trinajstić information content (AvgIpc) is 2.24. The van der Waals surface area contributed by atoms with E-state index in [1.54, 1.807) is 0 Å². The van der Waals surface area contributed by atoms with E-state index in [0.29, 0.717) is 17.3 Å². The van der Waals surface area contributed by atoms with Crippen LogP contribution in [0.4, 0.5) is 0 Å². The van der Waals surface area contributed by atoms with Crippen LogP contribution in [-0.2, 0) is 0 Å². The molecule has 0 spiro atoms. The van der Waals surface area contributed by atoms with Gasteiger partial charge in [0.2, 0.25) is 0 Å². The molecule has 0 amide bonds. The van der Waals surface area contributed by atoms with E-state index in [1.165, 1.54) is 18.4 Å². The van der Waals surface area contributed by atoms with E-state index in [1.807, 2.05) is 0 Å². The van der Waals surface area contributed by atoms with E-state index < -0.39 is 0 Å². The highest BCUT2D eigenvalue weighted by molar-refractivity contribution is 5.17. The van der Waals surface area contributed by atoms with Crippen molar-refractivity contribution in [1.82, 2.24) is 0 Å². The lowest BCUT2D eigenvalue weighted by Gasteiger charge is -2.33. The molecule has 1 nitrogen and oxygen atoms in total. The van der Waals surface area contributed by atoms with Crippen LogP contribution in [0.1, 0.15) is 40.0 Å². The number of hydrogen-bond donors (Lipinski definition) is 1. The topological polar surface area (TPSA) is 20.2 Å². The van der Waals surface area contributed by atoms with E-state index >= 15 is 0 Å². The molecule has 0 saturated heterocycles. The normalized spacial score (nSPS) is 42.8. The summed E-state index contributed by atoms with van der Waals surface area (Å²) < 4.78 is 0. The minimum atomic E-state index is -0.0865. The standard InChI is InChI=1S/C12H20O/c1-8-5-4-6-9-11(8)10(13)7-12(9,2)3/h5,9-11,13H,4,6-7H2,1-3H3/t9-,10+,11+/m0/s1. The maximum atomic E-state index is 9.99. The second kappa shape index (κ2) is 2.84. The Morgan fingerprint density at radius 3 is 2.77 bits per heavy atom.